The van der Waals surface area contributed by atoms with Crippen LogP contribution >= 0.6 is 35.0 Å². The fraction of sp³-hybridized carbons (Fsp3) is 0.222. The average molecular weight is 474 g/mol. The summed E-state index contributed by atoms with van der Waals surface area (Å²) in [4.78, 5) is 24.8. The van der Waals surface area contributed by atoms with Gasteiger partial charge in [-0.2, -0.15) is 0 Å². The van der Waals surface area contributed by atoms with Crippen molar-refractivity contribution >= 4 is 56.8 Å². The van der Waals surface area contributed by atoms with Gasteiger partial charge in [0.05, 0.1) is 15.7 Å². The van der Waals surface area contributed by atoms with Gasteiger partial charge in [0.1, 0.15) is 0 Å². The summed E-state index contributed by atoms with van der Waals surface area (Å²) in [6.45, 7) is 0. The number of amides is 2. The molecular weight excluding hydrogens is 457 g/mol. The molecule has 1 aliphatic rings. The van der Waals surface area contributed by atoms with E-state index in [1.165, 1.54) is 36.0 Å². The van der Waals surface area contributed by atoms with Crippen LogP contribution in [-0.4, -0.2) is 32.0 Å². The highest BCUT2D eigenvalue weighted by molar-refractivity contribution is 8.00. The first-order valence-corrected chi connectivity index (χ1v) is 11.8. The number of thioether (sulfide) groups is 1. The van der Waals surface area contributed by atoms with Crippen molar-refractivity contribution in [2.24, 2.45) is 0 Å². The van der Waals surface area contributed by atoms with Crippen molar-refractivity contribution in [3.05, 3.63) is 58.1 Å². The van der Waals surface area contributed by atoms with Gasteiger partial charge in [-0.05, 0) is 55.3 Å². The molecule has 0 aromatic heterocycles. The van der Waals surface area contributed by atoms with Crippen LogP contribution < -0.4 is 15.6 Å². The first-order chi connectivity index (χ1) is 13.7. The van der Waals surface area contributed by atoms with Crippen molar-refractivity contribution in [3.63, 3.8) is 0 Å². The minimum absolute atomic E-state index is 0.00199. The Morgan fingerprint density at radius 2 is 1.72 bits per heavy atom. The van der Waals surface area contributed by atoms with E-state index in [0.717, 1.165) is 12.8 Å². The van der Waals surface area contributed by atoms with E-state index < -0.39 is 21.8 Å². The normalized spacial score (nSPS) is 13.7. The molecule has 0 unspecified atom stereocenters. The Morgan fingerprint density at radius 3 is 2.38 bits per heavy atom. The molecule has 0 atom stereocenters. The molecule has 3 rings (SSSR count). The van der Waals surface area contributed by atoms with Crippen LogP contribution in [0.15, 0.2) is 52.3 Å². The van der Waals surface area contributed by atoms with E-state index >= 15 is 0 Å². The van der Waals surface area contributed by atoms with Gasteiger partial charge in [0.15, 0.2) is 0 Å². The number of halogens is 2. The summed E-state index contributed by atoms with van der Waals surface area (Å²) >= 11 is 13.1. The van der Waals surface area contributed by atoms with Crippen molar-refractivity contribution in [2.75, 3.05) is 5.75 Å². The molecule has 0 heterocycles. The lowest BCUT2D eigenvalue weighted by molar-refractivity contribution is -0.119. The lowest BCUT2D eigenvalue weighted by atomic mass is 10.2. The molecule has 29 heavy (non-hydrogen) atoms. The van der Waals surface area contributed by atoms with Gasteiger partial charge in [0, 0.05) is 21.5 Å². The van der Waals surface area contributed by atoms with E-state index in [1.54, 1.807) is 18.2 Å². The highest BCUT2D eigenvalue weighted by Crippen LogP contribution is 2.29. The molecule has 0 radical (unpaired) electrons. The molecule has 2 aromatic carbocycles. The van der Waals surface area contributed by atoms with Crippen molar-refractivity contribution < 1.29 is 18.0 Å². The summed E-state index contributed by atoms with van der Waals surface area (Å²) in [6.07, 6.45) is 1.67. The van der Waals surface area contributed by atoms with Crippen LogP contribution in [0.3, 0.4) is 0 Å². The zero-order valence-corrected chi connectivity index (χ0v) is 18.1. The third-order valence-corrected chi connectivity index (χ3v) is 7.16. The SMILES string of the molecule is O=C(CSc1cc(Cl)ccc1Cl)NNC(=O)c1ccc(S(=O)(=O)NC2CC2)cc1. The Bertz CT molecular complexity index is 1030. The zero-order valence-electron chi connectivity index (χ0n) is 14.9. The van der Waals surface area contributed by atoms with Crippen LogP contribution in [0.4, 0.5) is 0 Å². The van der Waals surface area contributed by atoms with E-state index in [2.05, 4.69) is 15.6 Å². The van der Waals surface area contributed by atoms with Crippen molar-refractivity contribution in [1.29, 1.82) is 0 Å². The van der Waals surface area contributed by atoms with Crippen LogP contribution in [0, 0.1) is 0 Å². The molecular formula is C18H17Cl2N3O4S2. The Kier molecular flexibility index (Phi) is 7.07. The number of rotatable bonds is 7. The maximum absolute atomic E-state index is 12.1. The fourth-order valence-corrected chi connectivity index (χ4v) is 4.84. The van der Waals surface area contributed by atoms with E-state index in [0.29, 0.717) is 14.9 Å². The molecule has 7 nitrogen and oxygen atoms in total. The molecule has 1 fully saturated rings. The quantitative estimate of drug-likeness (QED) is 0.423. The number of hydrogen-bond acceptors (Lipinski definition) is 5. The molecule has 0 spiro atoms. The molecule has 3 N–H and O–H groups in total. The first-order valence-electron chi connectivity index (χ1n) is 8.54. The summed E-state index contributed by atoms with van der Waals surface area (Å²) in [5.74, 6) is -0.986. The summed E-state index contributed by atoms with van der Waals surface area (Å²) in [5, 5.41) is 0.978. The molecule has 0 bridgehead atoms. The topological polar surface area (TPSA) is 104 Å². The monoisotopic (exact) mass is 473 g/mol. The van der Waals surface area contributed by atoms with Gasteiger partial charge in [-0.1, -0.05) is 23.2 Å². The fourth-order valence-electron chi connectivity index (χ4n) is 2.24. The Morgan fingerprint density at radius 1 is 1.03 bits per heavy atom. The predicted molar refractivity (Wildman–Crippen MR) is 113 cm³/mol. The predicted octanol–water partition coefficient (Wildman–Crippen LogP) is 2.99. The van der Waals surface area contributed by atoms with Gasteiger partial charge in [-0.3, -0.25) is 20.4 Å². The Labute approximate surface area is 182 Å². The number of benzene rings is 2. The molecule has 154 valence electrons. The van der Waals surface area contributed by atoms with Gasteiger partial charge in [0.2, 0.25) is 15.9 Å². The number of nitrogens with one attached hydrogen (secondary N) is 3. The molecule has 0 aliphatic heterocycles. The van der Waals surface area contributed by atoms with Crippen molar-refractivity contribution in [3.8, 4) is 0 Å². The third-order valence-electron chi connectivity index (χ3n) is 3.89. The van der Waals surface area contributed by atoms with Gasteiger partial charge in [-0.25, -0.2) is 13.1 Å². The first kappa shape index (κ1) is 21.9. The van der Waals surface area contributed by atoms with Crippen LogP contribution in [0.1, 0.15) is 23.2 Å². The van der Waals surface area contributed by atoms with Crippen LogP contribution in [0.5, 0.6) is 0 Å². The number of hydrazine groups is 1. The molecule has 1 saturated carbocycles. The summed E-state index contributed by atoms with van der Waals surface area (Å²) < 4.78 is 26.8. The standard InChI is InChI=1S/C18H17Cl2N3O4S2/c19-12-3-8-15(20)16(9-12)28-10-17(24)21-22-18(25)11-1-6-14(7-2-11)29(26,27)23-13-4-5-13/h1-3,6-9,13,23H,4-5,10H2,(H,21,24)(H,22,25). The Hall–Kier alpha value is -1.78. The second kappa shape index (κ2) is 9.36. The smallest absolute Gasteiger partial charge is 0.269 e. The van der Waals surface area contributed by atoms with E-state index in [-0.39, 0.29) is 22.3 Å². The van der Waals surface area contributed by atoms with Crippen LogP contribution in [0.2, 0.25) is 10.0 Å². The average Bonchev–Trinajstić information content (AvgIpc) is 3.50. The van der Waals surface area contributed by atoms with E-state index in [1.807, 2.05) is 0 Å². The van der Waals surface area contributed by atoms with Gasteiger partial charge >= 0.3 is 0 Å². The highest BCUT2D eigenvalue weighted by Gasteiger charge is 2.28. The van der Waals surface area contributed by atoms with Gasteiger partial charge in [-0.15, -0.1) is 11.8 Å². The van der Waals surface area contributed by atoms with Crippen molar-refractivity contribution in [1.82, 2.24) is 15.6 Å². The lowest BCUT2D eigenvalue weighted by Gasteiger charge is -2.09. The van der Waals surface area contributed by atoms with E-state index in [4.69, 9.17) is 23.2 Å². The van der Waals surface area contributed by atoms with Crippen LogP contribution in [-0.2, 0) is 14.8 Å². The summed E-state index contributed by atoms with van der Waals surface area (Å²) in [6, 6.07) is 10.4. The second-order valence-electron chi connectivity index (χ2n) is 6.29. The van der Waals surface area contributed by atoms with Gasteiger partial charge < -0.3 is 0 Å². The third kappa shape index (κ3) is 6.35. The summed E-state index contributed by atoms with van der Waals surface area (Å²) in [7, 11) is -3.58. The number of sulfonamides is 1. The largest absolute Gasteiger partial charge is 0.272 e. The maximum Gasteiger partial charge on any atom is 0.269 e. The summed E-state index contributed by atoms with van der Waals surface area (Å²) in [5.41, 5.74) is 4.79. The molecule has 2 aromatic rings. The minimum atomic E-state index is -3.58. The lowest BCUT2D eigenvalue weighted by Crippen LogP contribution is -2.42. The van der Waals surface area contributed by atoms with Crippen molar-refractivity contribution in [2.45, 2.75) is 28.7 Å². The number of carbonyl (C=O) groups excluding carboxylic acids is 2. The molecule has 11 heteroatoms. The molecule has 2 amide bonds. The molecule has 0 saturated heterocycles. The molecule has 1 aliphatic carbocycles. The van der Waals surface area contributed by atoms with Gasteiger partial charge in [0.25, 0.3) is 5.91 Å². The minimum Gasteiger partial charge on any atom is -0.272 e. The van der Waals surface area contributed by atoms with Crippen LogP contribution in [0.25, 0.3) is 0 Å². The number of carbonyl (C=O) groups is 2. The maximum atomic E-state index is 12.1. The van der Waals surface area contributed by atoms with E-state index in [9.17, 15) is 18.0 Å². The second-order valence-corrected chi connectivity index (χ2v) is 9.86. The Balaban J connectivity index is 1.49. The highest BCUT2D eigenvalue weighted by atomic mass is 35.5. The zero-order chi connectivity index (χ0) is 21.0. The number of hydrogen-bond donors (Lipinski definition) is 3.